The van der Waals surface area contributed by atoms with E-state index in [2.05, 4.69) is 31.6 Å². The Morgan fingerprint density at radius 2 is 1.82 bits per heavy atom. The van der Waals surface area contributed by atoms with E-state index in [1.807, 2.05) is 0 Å². The molecule has 2 fully saturated rings. The number of esters is 1. The maximum Gasteiger partial charge on any atom is 0.511 e. The normalized spacial score (nSPS) is 28.0. The first kappa shape index (κ1) is 30.8. The number of fused-ring (bicyclic) bond motifs is 2. The van der Waals surface area contributed by atoms with Gasteiger partial charge in [-0.1, -0.05) is 32.9 Å². The number of Topliss-reactive ketones (excluding diaryl/α,β-unsaturated/α-hetero) is 1. The Balaban J connectivity index is 1.63. The molecule has 0 saturated heterocycles. The third kappa shape index (κ3) is 5.90. The molecule has 2 aliphatic carbocycles. The molecule has 0 amide bonds. The minimum Gasteiger partial charge on any atom is -0.508 e. The number of hydrogen-bond acceptors (Lipinski definition) is 12. The standard InChI is InChI=1S/C27H42N4O8/c1-15(38-23(36)39-21-24(2,3)17-10-11-25(21,4)13-17)37-22(35)26(5,30-28)14-19(33)27(6,31-29)20(34)16-8-7-9-18(32)12-16/h7-9,12,15,17,20-21,30-32,34H,10-11,13-14,28-29H2,1-6H3/t15-,17-,20+,21+,25-,26+,27-/m1/s1. The van der Waals surface area contributed by atoms with Gasteiger partial charge >= 0.3 is 12.1 Å². The first-order valence-electron chi connectivity index (χ1n) is 13.1. The number of nitrogens with one attached hydrogen (secondary N) is 2. The molecule has 12 nitrogen and oxygen atoms in total. The van der Waals surface area contributed by atoms with Crippen LogP contribution in [0.2, 0.25) is 0 Å². The second-order valence-electron chi connectivity index (χ2n) is 12.2. The van der Waals surface area contributed by atoms with Gasteiger partial charge in [-0.15, -0.1) is 0 Å². The van der Waals surface area contributed by atoms with Crippen LogP contribution < -0.4 is 22.5 Å². The number of nitrogens with two attached hydrogens (primary N) is 2. The number of hydrogen-bond donors (Lipinski definition) is 6. The van der Waals surface area contributed by atoms with Gasteiger partial charge in [-0.2, -0.15) is 0 Å². The van der Waals surface area contributed by atoms with Gasteiger partial charge in [0.15, 0.2) is 5.78 Å². The van der Waals surface area contributed by atoms with Crippen LogP contribution in [0.5, 0.6) is 5.75 Å². The summed E-state index contributed by atoms with van der Waals surface area (Å²) in [6, 6.07) is 5.72. The predicted molar refractivity (Wildman–Crippen MR) is 140 cm³/mol. The van der Waals surface area contributed by atoms with Crippen molar-refractivity contribution in [2.75, 3.05) is 0 Å². The molecule has 0 heterocycles. The number of phenolic OH excluding ortho intramolecular Hbond substituents is 1. The van der Waals surface area contributed by atoms with Gasteiger partial charge in [0.1, 0.15) is 29.0 Å². The van der Waals surface area contributed by atoms with Crippen LogP contribution in [0.1, 0.15) is 78.9 Å². The molecular formula is C27H42N4O8. The summed E-state index contributed by atoms with van der Waals surface area (Å²) < 4.78 is 16.2. The van der Waals surface area contributed by atoms with E-state index in [1.54, 1.807) is 0 Å². The number of rotatable bonds is 11. The van der Waals surface area contributed by atoms with E-state index in [0.717, 1.165) is 19.3 Å². The summed E-state index contributed by atoms with van der Waals surface area (Å²) >= 11 is 0. The van der Waals surface area contributed by atoms with Crippen LogP contribution in [-0.2, 0) is 23.8 Å². The highest BCUT2D eigenvalue weighted by molar-refractivity contribution is 5.95. The van der Waals surface area contributed by atoms with E-state index in [-0.39, 0.29) is 28.2 Å². The van der Waals surface area contributed by atoms with Crippen molar-refractivity contribution < 1.29 is 38.8 Å². The van der Waals surface area contributed by atoms with Gasteiger partial charge in [0.25, 0.3) is 0 Å². The molecule has 1 aromatic rings. The second kappa shape index (κ2) is 11.0. The van der Waals surface area contributed by atoms with E-state index in [9.17, 15) is 24.6 Å². The lowest BCUT2D eigenvalue weighted by Crippen LogP contribution is -2.62. The smallest absolute Gasteiger partial charge is 0.508 e. The lowest BCUT2D eigenvalue weighted by Gasteiger charge is -2.41. The Morgan fingerprint density at radius 1 is 1.15 bits per heavy atom. The third-order valence-electron chi connectivity index (χ3n) is 8.78. The lowest BCUT2D eigenvalue weighted by atomic mass is 9.70. The number of aliphatic hydroxyl groups excluding tert-OH is 1. The highest BCUT2D eigenvalue weighted by Gasteiger charge is 2.61. The van der Waals surface area contributed by atoms with E-state index in [0.29, 0.717) is 5.92 Å². The van der Waals surface area contributed by atoms with Crippen molar-refractivity contribution in [1.29, 1.82) is 0 Å². The van der Waals surface area contributed by atoms with Crippen LogP contribution in [-0.4, -0.2) is 51.6 Å². The van der Waals surface area contributed by atoms with Crippen LogP contribution in [0.25, 0.3) is 0 Å². The molecule has 1 aromatic carbocycles. The molecule has 39 heavy (non-hydrogen) atoms. The minimum absolute atomic E-state index is 0.110. The molecule has 2 bridgehead atoms. The molecule has 8 N–H and O–H groups in total. The van der Waals surface area contributed by atoms with Crippen molar-refractivity contribution in [2.24, 2.45) is 28.4 Å². The number of ketones is 1. The topological polar surface area (TPSA) is 195 Å². The van der Waals surface area contributed by atoms with Crippen LogP contribution in [0.15, 0.2) is 24.3 Å². The largest absolute Gasteiger partial charge is 0.511 e. The zero-order valence-corrected chi connectivity index (χ0v) is 23.4. The van der Waals surface area contributed by atoms with E-state index in [1.165, 1.54) is 45.0 Å². The molecule has 0 radical (unpaired) electrons. The summed E-state index contributed by atoms with van der Waals surface area (Å²) in [5, 5.41) is 20.6. The van der Waals surface area contributed by atoms with Crippen LogP contribution in [0.4, 0.5) is 4.79 Å². The Morgan fingerprint density at radius 3 is 2.36 bits per heavy atom. The van der Waals surface area contributed by atoms with Gasteiger partial charge in [-0.25, -0.2) is 20.4 Å². The maximum atomic E-state index is 13.3. The average Bonchev–Trinajstić information content (AvgIpc) is 3.36. The fourth-order valence-corrected chi connectivity index (χ4v) is 6.14. The number of ether oxygens (including phenoxy) is 3. The van der Waals surface area contributed by atoms with Crippen LogP contribution in [0, 0.1) is 16.7 Å². The molecule has 7 atom stereocenters. The van der Waals surface area contributed by atoms with E-state index >= 15 is 0 Å². The number of phenols is 1. The summed E-state index contributed by atoms with van der Waals surface area (Å²) in [6.45, 7) is 10.3. The molecule has 0 aromatic heterocycles. The number of carbonyl (C=O) groups is 3. The average molecular weight is 551 g/mol. The molecule has 0 aliphatic heterocycles. The fraction of sp³-hybridized carbons (Fsp3) is 0.667. The second-order valence-corrected chi connectivity index (χ2v) is 12.2. The number of aliphatic hydroxyl groups is 1. The van der Waals surface area contributed by atoms with Crippen molar-refractivity contribution in [3.8, 4) is 5.75 Å². The monoisotopic (exact) mass is 550 g/mol. The molecular weight excluding hydrogens is 508 g/mol. The maximum absolute atomic E-state index is 13.3. The molecule has 0 unspecified atom stereocenters. The van der Waals surface area contributed by atoms with Crippen molar-refractivity contribution >= 4 is 17.9 Å². The Labute approximate surface area is 228 Å². The molecule has 2 saturated carbocycles. The summed E-state index contributed by atoms with van der Waals surface area (Å²) in [7, 11) is 0. The van der Waals surface area contributed by atoms with Gasteiger partial charge in [0.05, 0.1) is 0 Å². The quantitative estimate of drug-likeness (QED) is 0.102. The Kier molecular flexibility index (Phi) is 8.69. The first-order chi connectivity index (χ1) is 18.0. The fourth-order valence-electron chi connectivity index (χ4n) is 6.14. The highest BCUT2D eigenvalue weighted by Crippen LogP contribution is 2.63. The number of hydrazine groups is 2. The summed E-state index contributed by atoms with van der Waals surface area (Å²) in [5.74, 6) is 9.97. The Hall–Kier alpha value is -2.77. The summed E-state index contributed by atoms with van der Waals surface area (Å²) in [5.41, 5.74) is 0.980. The van der Waals surface area contributed by atoms with Gasteiger partial charge in [0.2, 0.25) is 6.29 Å². The van der Waals surface area contributed by atoms with Crippen molar-refractivity contribution in [2.45, 2.75) is 96.8 Å². The summed E-state index contributed by atoms with van der Waals surface area (Å²) in [6.07, 6.45) is -1.59. The highest BCUT2D eigenvalue weighted by atomic mass is 16.8. The van der Waals surface area contributed by atoms with Crippen molar-refractivity contribution in [3.05, 3.63) is 29.8 Å². The predicted octanol–water partition coefficient (Wildman–Crippen LogP) is 2.09. The van der Waals surface area contributed by atoms with Gasteiger partial charge in [0, 0.05) is 24.2 Å². The minimum atomic E-state index is -1.77. The van der Waals surface area contributed by atoms with Crippen molar-refractivity contribution in [1.82, 2.24) is 10.9 Å². The molecule has 2 aliphatic rings. The van der Waals surface area contributed by atoms with Crippen LogP contribution in [0.3, 0.4) is 0 Å². The number of carbonyl (C=O) groups excluding carboxylic acids is 3. The summed E-state index contributed by atoms with van der Waals surface area (Å²) in [4.78, 5) is 38.9. The van der Waals surface area contributed by atoms with E-state index in [4.69, 9.17) is 25.9 Å². The number of benzene rings is 1. The Bertz CT molecular complexity index is 1090. The van der Waals surface area contributed by atoms with Crippen LogP contribution >= 0.6 is 0 Å². The van der Waals surface area contributed by atoms with Gasteiger partial charge in [-0.3, -0.25) is 16.5 Å². The number of aromatic hydroxyl groups is 1. The molecule has 0 spiro atoms. The molecule has 218 valence electrons. The van der Waals surface area contributed by atoms with E-state index < -0.39 is 47.8 Å². The SMILES string of the molecule is C[C@@H](OC(=O)O[C@H]1C(C)(C)[C@@H]2CC[C@]1(C)C2)OC(=O)[C@](C)(CC(=O)[C@@](C)(NN)[C@@H](O)c1cccc(O)c1)NN. The zero-order chi connectivity index (χ0) is 29.4. The molecule has 3 rings (SSSR count). The third-order valence-corrected chi connectivity index (χ3v) is 8.78. The van der Waals surface area contributed by atoms with Crippen molar-refractivity contribution in [3.63, 3.8) is 0 Å². The van der Waals surface area contributed by atoms with Gasteiger partial charge in [-0.05, 0) is 56.7 Å². The molecule has 12 heteroatoms. The zero-order valence-electron chi connectivity index (χ0n) is 23.4. The lowest BCUT2D eigenvalue weighted by molar-refractivity contribution is -0.180. The first-order valence-corrected chi connectivity index (χ1v) is 13.1. The van der Waals surface area contributed by atoms with Gasteiger partial charge < -0.3 is 24.4 Å².